The van der Waals surface area contributed by atoms with E-state index in [1.165, 1.54) is 37.7 Å². The Bertz CT molecular complexity index is 342. The number of anilines is 1. The molecule has 0 aliphatic carbocycles. The Labute approximate surface area is 116 Å². The molecule has 1 aromatic rings. The second-order valence-electron chi connectivity index (χ2n) is 5.29. The van der Waals surface area contributed by atoms with Gasteiger partial charge < -0.3 is 10.2 Å². The van der Waals surface area contributed by atoms with E-state index in [9.17, 15) is 0 Å². The van der Waals surface area contributed by atoms with Crippen molar-refractivity contribution >= 4 is 5.95 Å². The van der Waals surface area contributed by atoms with Crippen LogP contribution in [0.3, 0.4) is 0 Å². The summed E-state index contributed by atoms with van der Waals surface area (Å²) in [5.74, 6) is 0.890. The van der Waals surface area contributed by atoms with Crippen LogP contribution in [0.4, 0.5) is 5.95 Å². The number of nitrogens with one attached hydrogen (secondary N) is 1. The van der Waals surface area contributed by atoms with Gasteiger partial charge in [-0.05, 0) is 31.4 Å². The van der Waals surface area contributed by atoms with Gasteiger partial charge in [-0.1, -0.05) is 26.2 Å². The van der Waals surface area contributed by atoms with Crippen molar-refractivity contribution in [3.63, 3.8) is 0 Å². The third kappa shape index (κ3) is 4.78. The third-order valence-corrected chi connectivity index (χ3v) is 3.63. The first-order valence-corrected chi connectivity index (χ1v) is 7.66. The van der Waals surface area contributed by atoms with Gasteiger partial charge in [0.25, 0.3) is 0 Å². The highest BCUT2D eigenvalue weighted by Crippen LogP contribution is 2.11. The molecule has 0 radical (unpaired) electrons. The lowest BCUT2D eigenvalue weighted by atomic mass is 10.1. The van der Waals surface area contributed by atoms with Crippen molar-refractivity contribution < 1.29 is 0 Å². The van der Waals surface area contributed by atoms with E-state index in [1.54, 1.807) is 0 Å². The first-order chi connectivity index (χ1) is 9.40. The van der Waals surface area contributed by atoms with E-state index in [0.29, 0.717) is 0 Å². The van der Waals surface area contributed by atoms with Gasteiger partial charge in [-0.25, -0.2) is 9.97 Å². The molecule has 1 N–H and O–H groups in total. The molecule has 2 heterocycles. The van der Waals surface area contributed by atoms with Crippen LogP contribution < -0.4 is 10.2 Å². The lowest BCUT2D eigenvalue weighted by molar-refractivity contribution is 0.664. The smallest absolute Gasteiger partial charge is 0.225 e. The Hall–Kier alpha value is -1.16. The van der Waals surface area contributed by atoms with Crippen LogP contribution in [0.2, 0.25) is 0 Å². The highest BCUT2D eigenvalue weighted by molar-refractivity contribution is 5.30. The summed E-state index contributed by atoms with van der Waals surface area (Å²) in [6.45, 7) is 6.45. The van der Waals surface area contributed by atoms with Gasteiger partial charge in [0, 0.05) is 32.0 Å². The average Bonchev–Trinajstić information content (AvgIpc) is 2.73. The summed E-state index contributed by atoms with van der Waals surface area (Å²) in [5.41, 5.74) is 1.27. The molecule has 0 amide bonds. The Morgan fingerprint density at radius 1 is 1.11 bits per heavy atom. The van der Waals surface area contributed by atoms with Crippen LogP contribution >= 0.6 is 0 Å². The lowest BCUT2D eigenvalue weighted by Gasteiger charge is -2.19. The zero-order valence-electron chi connectivity index (χ0n) is 12.1. The fourth-order valence-corrected chi connectivity index (χ4v) is 2.44. The van der Waals surface area contributed by atoms with Crippen LogP contribution in [0.15, 0.2) is 12.4 Å². The molecule has 106 valence electrons. The fourth-order valence-electron chi connectivity index (χ4n) is 2.44. The maximum atomic E-state index is 4.53. The molecular formula is C15H26N4. The molecule has 1 aliphatic heterocycles. The van der Waals surface area contributed by atoms with Gasteiger partial charge in [-0.2, -0.15) is 0 Å². The molecule has 0 bridgehead atoms. The van der Waals surface area contributed by atoms with Crippen molar-refractivity contribution in [1.82, 2.24) is 15.3 Å². The van der Waals surface area contributed by atoms with Crippen molar-refractivity contribution in [2.75, 3.05) is 31.1 Å². The van der Waals surface area contributed by atoms with E-state index >= 15 is 0 Å². The van der Waals surface area contributed by atoms with E-state index in [2.05, 4.69) is 27.1 Å². The Morgan fingerprint density at radius 2 is 1.95 bits per heavy atom. The van der Waals surface area contributed by atoms with Crippen molar-refractivity contribution in [2.45, 2.75) is 45.4 Å². The van der Waals surface area contributed by atoms with E-state index in [0.717, 1.165) is 38.5 Å². The van der Waals surface area contributed by atoms with E-state index < -0.39 is 0 Å². The van der Waals surface area contributed by atoms with Gasteiger partial charge in [-0.15, -0.1) is 0 Å². The Morgan fingerprint density at radius 3 is 2.74 bits per heavy atom. The fraction of sp³-hybridized carbons (Fsp3) is 0.733. The van der Waals surface area contributed by atoms with Gasteiger partial charge in [0.2, 0.25) is 5.95 Å². The van der Waals surface area contributed by atoms with Crippen molar-refractivity contribution in [2.24, 2.45) is 0 Å². The van der Waals surface area contributed by atoms with Crippen LogP contribution in [0.25, 0.3) is 0 Å². The summed E-state index contributed by atoms with van der Waals surface area (Å²) in [6.07, 6.45) is 11.5. The zero-order valence-corrected chi connectivity index (χ0v) is 12.1. The molecule has 0 saturated carbocycles. The highest BCUT2D eigenvalue weighted by atomic mass is 15.3. The number of nitrogens with zero attached hydrogens (tertiary/aromatic N) is 3. The third-order valence-electron chi connectivity index (χ3n) is 3.63. The van der Waals surface area contributed by atoms with Gasteiger partial charge >= 0.3 is 0 Å². The molecule has 19 heavy (non-hydrogen) atoms. The van der Waals surface area contributed by atoms with E-state index in [-0.39, 0.29) is 0 Å². The predicted molar refractivity (Wildman–Crippen MR) is 79.6 cm³/mol. The minimum absolute atomic E-state index is 0.890. The van der Waals surface area contributed by atoms with Crippen LogP contribution in [-0.2, 0) is 6.42 Å². The standard InChI is InChI=1S/C15H26N4/c1-2-3-4-5-7-14-12-17-15(18-13-14)19-10-6-8-16-9-11-19/h12-13,16H,2-11H2,1H3. The molecule has 1 fully saturated rings. The van der Waals surface area contributed by atoms with Gasteiger partial charge in [0.05, 0.1) is 0 Å². The number of hydrogen-bond acceptors (Lipinski definition) is 4. The summed E-state index contributed by atoms with van der Waals surface area (Å²) in [6, 6.07) is 0. The summed E-state index contributed by atoms with van der Waals surface area (Å²) in [5, 5.41) is 3.40. The van der Waals surface area contributed by atoms with Gasteiger partial charge in [-0.3, -0.25) is 0 Å². The van der Waals surface area contributed by atoms with Gasteiger partial charge in [0.15, 0.2) is 0 Å². The lowest BCUT2D eigenvalue weighted by Crippen LogP contribution is -2.29. The van der Waals surface area contributed by atoms with Gasteiger partial charge in [0.1, 0.15) is 0 Å². The zero-order chi connectivity index (χ0) is 13.3. The quantitative estimate of drug-likeness (QED) is 0.799. The Balaban J connectivity index is 1.83. The second kappa shape index (κ2) is 8.10. The average molecular weight is 262 g/mol. The number of aromatic nitrogens is 2. The summed E-state index contributed by atoms with van der Waals surface area (Å²) in [7, 11) is 0. The minimum atomic E-state index is 0.890. The molecule has 0 unspecified atom stereocenters. The first kappa shape index (κ1) is 14.3. The molecule has 0 aromatic carbocycles. The maximum Gasteiger partial charge on any atom is 0.225 e. The summed E-state index contributed by atoms with van der Waals surface area (Å²) in [4.78, 5) is 11.3. The molecule has 1 aromatic heterocycles. The molecule has 1 aliphatic rings. The number of unbranched alkanes of at least 4 members (excludes halogenated alkanes) is 3. The minimum Gasteiger partial charge on any atom is -0.340 e. The largest absolute Gasteiger partial charge is 0.340 e. The SMILES string of the molecule is CCCCCCc1cnc(N2CCCNCC2)nc1. The van der Waals surface area contributed by atoms with Crippen LogP contribution in [0, 0.1) is 0 Å². The molecule has 0 spiro atoms. The number of hydrogen-bond donors (Lipinski definition) is 1. The van der Waals surface area contributed by atoms with Crippen LogP contribution in [-0.4, -0.2) is 36.1 Å². The number of rotatable bonds is 6. The second-order valence-corrected chi connectivity index (χ2v) is 5.29. The predicted octanol–water partition coefficient (Wildman–Crippen LogP) is 2.40. The van der Waals surface area contributed by atoms with Crippen LogP contribution in [0.5, 0.6) is 0 Å². The first-order valence-electron chi connectivity index (χ1n) is 7.66. The molecular weight excluding hydrogens is 236 g/mol. The van der Waals surface area contributed by atoms with Crippen molar-refractivity contribution in [3.8, 4) is 0 Å². The monoisotopic (exact) mass is 262 g/mol. The van der Waals surface area contributed by atoms with E-state index in [1.807, 2.05) is 12.4 Å². The van der Waals surface area contributed by atoms with Crippen LogP contribution in [0.1, 0.15) is 44.6 Å². The molecule has 0 atom stereocenters. The maximum absolute atomic E-state index is 4.53. The molecule has 1 saturated heterocycles. The highest BCUT2D eigenvalue weighted by Gasteiger charge is 2.11. The molecule has 4 nitrogen and oxygen atoms in total. The van der Waals surface area contributed by atoms with E-state index in [4.69, 9.17) is 0 Å². The van der Waals surface area contributed by atoms with Crippen molar-refractivity contribution in [3.05, 3.63) is 18.0 Å². The molecule has 4 heteroatoms. The summed E-state index contributed by atoms with van der Waals surface area (Å²) < 4.78 is 0. The molecule has 2 rings (SSSR count). The van der Waals surface area contributed by atoms with Crippen molar-refractivity contribution in [1.29, 1.82) is 0 Å². The normalized spacial score (nSPS) is 16.4. The topological polar surface area (TPSA) is 41.1 Å². The summed E-state index contributed by atoms with van der Waals surface area (Å²) >= 11 is 0. The number of aryl methyl sites for hydroxylation is 1. The Kier molecular flexibility index (Phi) is 6.08.